The summed E-state index contributed by atoms with van der Waals surface area (Å²) in [7, 11) is 0. The summed E-state index contributed by atoms with van der Waals surface area (Å²) in [6.07, 6.45) is 3.67. The van der Waals surface area contributed by atoms with Crippen LogP contribution in [-0.4, -0.2) is 34.9 Å². The van der Waals surface area contributed by atoms with Crippen LogP contribution in [0.15, 0.2) is 30.3 Å². The van der Waals surface area contributed by atoms with Crippen LogP contribution in [0.4, 0.5) is 4.79 Å². The van der Waals surface area contributed by atoms with Gasteiger partial charge >= 0.3 is 6.09 Å². The summed E-state index contributed by atoms with van der Waals surface area (Å²) >= 11 is 4.89. The minimum Gasteiger partial charge on any atom is -0.449 e. The lowest BCUT2D eigenvalue weighted by molar-refractivity contribution is 0.108. The number of carbonyl (C=O) groups is 1. The first-order chi connectivity index (χ1) is 12.0. The Kier molecular flexibility index (Phi) is 10.1. The van der Waals surface area contributed by atoms with E-state index in [4.69, 9.17) is 22.7 Å². The van der Waals surface area contributed by atoms with Crippen LogP contribution in [-0.2, 0) is 4.74 Å². The van der Waals surface area contributed by atoms with Crippen molar-refractivity contribution in [1.29, 1.82) is 0 Å². The first kappa shape index (κ1) is 21.4. The fraction of sp³-hybridized carbons (Fsp3) is 0.579. The molecule has 4 N–H and O–H groups in total. The van der Waals surface area contributed by atoms with Crippen LogP contribution in [0.3, 0.4) is 0 Å². The van der Waals surface area contributed by atoms with Crippen LogP contribution in [0.5, 0.6) is 0 Å². The third kappa shape index (κ3) is 7.84. The number of nitrogens with one attached hydrogen (secondary N) is 1. The van der Waals surface area contributed by atoms with Gasteiger partial charge in [0.05, 0.1) is 5.92 Å². The molecule has 25 heavy (non-hydrogen) atoms. The van der Waals surface area contributed by atoms with Gasteiger partial charge in [0.2, 0.25) is 0 Å². The maximum absolute atomic E-state index is 12.1. The van der Waals surface area contributed by atoms with Crippen LogP contribution >= 0.6 is 12.2 Å². The number of carbonyl (C=O) groups excluding carboxylic acids is 1. The maximum Gasteiger partial charge on any atom is 0.407 e. The third-order valence-electron chi connectivity index (χ3n) is 4.27. The molecule has 1 aromatic carbocycles. The highest BCUT2D eigenvalue weighted by Crippen LogP contribution is 2.21. The van der Waals surface area contributed by atoms with E-state index in [-0.39, 0.29) is 17.6 Å². The molecule has 0 bridgehead atoms. The van der Waals surface area contributed by atoms with Gasteiger partial charge in [-0.3, -0.25) is 0 Å². The molecule has 0 heterocycles. The number of thiocarbonyl (C=S) groups is 1. The smallest absolute Gasteiger partial charge is 0.407 e. The molecule has 0 aliphatic carbocycles. The van der Waals surface area contributed by atoms with Gasteiger partial charge in [0, 0.05) is 6.04 Å². The summed E-state index contributed by atoms with van der Waals surface area (Å²) in [5, 5.41) is 13.1. The molecule has 0 spiro atoms. The number of aliphatic hydroxyl groups is 1. The Bertz CT molecular complexity index is 525. The Morgan fingerprint density at radius 3 is 2.52 bits per heavy atom. The number of hydrogen-bond donors (Lipinski definition) is 3. The second-order valence-corrected chi connectivity index (χ2v) is 6.68. The number of hydrogen-bond acceptors (Lipinski definition) is 4. The summed E-state index contributed by atoms with van der Waals surface area (Å²) < 4.78 is 5.34. The van der Waals surface area contributed by atoms with Crippen molar-refractivity contribution in [2.45, 2.75) is 64.0 Å². The Morgan fingerprint density at radius 2 is 1.96 bits per heavy atom. The van der Waals surface area contributed by atoms with Crippen molar-refractivity contribution in [2.75, 3.05) is 6.61 Å². The SMILES string of the molecule is CCCCCC(CC)NC(=O)OCC(c1ccccc1)C(O)C(N)=S. The minimum atomic E-state index is -1.04. The van der Waals surface area contributed by atoms with Crippen molar-refractivity contribution < 1.29 is 14.6 Å². The molecule has 0 saturated heterocycles. The van der Waals surface area contributed by atoms with Crippen LogP contribution in [0.2, 0.25) is 0 Å². The molecule has 0 saturated carbocycles. The van der Waals surface area contributed by atoms with Crippen LogP contribution in [0.25, 0.3) is 0 Å². The van der Waals surface area contributed by atoms with Crippen LogP contribution < -0.4 is 11.1 Å². The number of rotatable bonds is 11. The number of amides is 1. The monoisotopic (exact) mass is 366 g/mol. The summed E-state index contributed by atoms with van der Waals surface area (Å²) in [5.74, 6) is -0.482. The van der Waals surface area contributed by atoms with E-state index in [1.807, 2.05) is 37.3 Å². The predicted molar refractivity (Wildman–Crippen MR) is 105 cm³/mol. The molecular formula is C19H30N2O3S. The van der Waals surface area contributed by atoms with Gasteiger partial charge < -0.3 is 20.9 Å². The zero-order valence-corrected chi connectivity index (χ0v) is 15.9. The third-order valence-corrected chi connectivity index (χ3v) is 4.51. The van der Waals surface area contributed by atoms with Crippen LogP contribution in [0.1, 0.15) is 57.4 Å². The standard InChI is InChI=1S/C19H30N2O3S/c1-3-5-7-12-15(4-2)21-19(23)24-13-16(17(22)18(20)25)14-10-8-6-9-11-14/h6,8-11,15-17,22H,3-5,7,12-13H2,1-2H3,(H2,20,25)(H,21,23). The predicted octanol–water partition coefficient (Wildman–Crippen LogP) is 3.50. The molecule has 0 aliphatic heterocycles. The summed E-state index contributed by atoms with van der Waals surface area (Å²) in [5.41, 5.74) is 6.40. The Balaban J connectivity index is 2.60. The van der Waals surface area contributed by atoms with E-state index < -0.39 is 18.1 Å². The van der Waals surface area contributed by atoms with Crippen molar-refractivity contribution >= 4 is 23.3 Å². The van der Waals surface area contributed by atoms with Crippen molar-refractivity contribution in [3.05, 3.63) is 35.9 Å². The normalized spacial score (nSPS) is 14.4. The number of benzene rings is 1. The lowest BCUT2D eigenvalue weighted by Gasteiger charge is -2.23. The highest BCUT2D eigenvalue weighted by molar-refractivity contribution is 7.80. The van der Waals surface area contributed by atoms with E-state index >= 15 is 0 Å². The largest absolute Gasteiger partial charge is 0.449 e. The van der Waals surface area contributed by atoms with Gasteiger partial charge in [0.1, 0.15) is 17.7 Å². The van der Waals surface area contributed by atoms with E-state index in [0.717, 1.165) is 37.7 Å². The Hall–Kier alpha value is -1.66. The molecule has 0 aromatic heterocycles. The second-order valence-electron chi connectivity index (χ2n) is 6.21. The average molecular weight is 367 g/mol. The quantitative estimate of drug-likeness (QED) is 0.412. The minimum absolute atomic E-state index is 0.0103. The van der Waals surface area contributed by atoms with E-state index in [2.05, 4.69) is 12.2 Å². The number of ether oxygens (including phenoxy) is 1. The molecule has 0 radical (unpaired) electrons. The molecule has 5 nitrogen and oxygen atoms in total. The van der Waals surface area contributed by atoms with E-state index in [1.165, 1.54) is 0 Å². The molecule has 140 valence electrons. The van der Waals surface area contributed by atoms with Gasteiger partial charge in [0.25, 0.3) is 0 Å². The van der Waals surface area contributed by atoms with Crippen molar-refractivity contribution in [1.82, 2.24) is 5.32 Å². The zero-order valence-electron chi connectivity index (χ0n) is 15.1. The van der Waals surface area contributed by atoms with E-state index in [1.54, 1.807) is 0 Å². The molecule has 0 fully saturated rings. The first-order valence-electron chi connectivity index (χ1n) is 8.95. The highest BCUT2D eigenvalue weighted by Gasteiger charge is 2.25. The molecule has 3 atom stereocenters. The van der Waals surface area contributed by atoms with Gasteiger partial charge in [-0.25, -0.2) is 4.79 Å². The van der Waals surface area contributed by atoms with Crippen molar-refractivity contribution in [3.63, 3.8) is 0 Å². The van der Waals surface area contributed by atoms with Crippen molar-refractivity contribution in [3.8, 4) is 0 Å². The van der Waals surface area contributed by atoms with Gasteiger partial charge in [-0.15, -0.1) is 0 Å². The fourth-order valence-electron chi connectivity index (χ4n) is 2.66. The molecule has 0 aliphatic rings. The Labute approximate surface area is 155 Å². The second kappa shape index (κ2) is 11.8. The lowest BCUT2D eigenvalue weighted by Crippen LogP contribution is -2.38. The van der Waals surface area contributed by atoms with Crippen molar-refractivity contribution in [2.24, 2.45) is 5.73 Å². The highest BCUT2D eigenvalue weighted by atomic mass is 32.1. The topological polar surface area (TPSA) is 84.6 Å². The van der Waals surface area contributed by atoms with Gasteiger partial charge in [-0.05, 0) is 18.4 Å². The number of alkyl carbamates (subject to hydrolysis) is 1. The molecule has 1 aromatic rings. The molecule has 1 amide bonds. The molecule has 1 rings (SSSR count). The van der Waals surface area contributed by atoms with Gasteiger partial charge in [-0.2, -0.15) is 0 Å². The van der Waals surface area contributed by atoms with Crippen LogP contribution in [0, 0.1) is 0 Å². The van der Waals surface area contributed by atoms with E-state index in [9.17, 15) is 9.90 Å². The zero-order chi connectivity index (χ0) is 18.7. The average Bonchev–Trinajstić information content (AvgIpc) is 2.61. The fourth-order valence-corrected chi connectivity index (χ4v) is 2.83. The molecular weight excluding hydrogens is 336 g/mol. The first-order valence-corrected chi connectivity index (χ1v) is 9.36. The number of unbranched alkanes of at least 4 members (excludes halogenated alkanes) is 2. The van der Waals surface area contributed by atoms with Gasteiger partial charge in [0.15, 0.2) is 0 Å². The maximum atomic E-state index is 12.1. The molecule has 3 unspecified atom stereocenters. The number of aliphatic hydroxyl groups excluding tert-OH is 1. The Morgan fingerprint density at radius 1 is 1.28 bits per heavy atom. The van der Waals surface area contributed by atoms with Gasteiger partial charge in [-0.1, -0.05) is 75.7 Å². The summed E-state index contributed by atoms with van der Waals surface area (Å²) in [4.78, 5) is 12.1. The summed E-state index contributed by atoms with van der Waals surface area (Å²) in [6, 6.07) is 9.41. The molecule has 6 heteroatoms. The lowest BCUT2D eigenvalue weighted by atomic mass is 9.94. The number of nitrogens with two attached hydrogens (primary N) is 1. The van der Waals surface area contributed by atoms with E-state index in [0.29, 0.717) is 0 Å². The summed E-state index contributed by atoms with van der Waals surface area (Å²) in [6.45, 7) is 4.21.